The number of nitrogens with one attached hydrogen (secondary N) is 2. The number of alkyl halides is 1. The van der Waals surface area contributed by atoms with E-state index in [4.69, 9.17) is 26.8 Å². The molecule has 4 aromatic rings. The summed E-state index contributed by atoms with van der Waals surface area (Å²) >= 11 is 6.39. The van der Waals surface area contributed by atoms with Gasteiger partial charge in [0.1, 0.15) is 28.6 Å². The van der Waals surface area contributed by atoms with Crippen LogP contribution >= 0.6 is 11.6 Å². The van der Waals surface area contributed by atoms with Gasteiger partial charge in [-0.3, -0.25) is 14.9 Å². The first-order chi connectivity index (χ1) is 31.0. The first-order valence-corrected chi connectivity index (χ1v) is 25.2. The van der Waals surface area contributed by atoms with E-state index in [0.29, 0.717) is 53.8 Å². The number of hydrogen-bond donors (Lipinski definition) is 3. The number of fused-ring (bicyclic) bond motifs is 1. The second-order valence-corrected chi connectivity index (χ2v) is 22.6. The minimum Gasteiger partial charge on any atom is -0.455 e. The van der Waals surface area contributed by atoms with Crippen LogP contribution in [0.15, 0.2) is 77.0 Å². The van der Waals surface area contributed by atoms with Crippen LogP contribution in [0.2, 0.25) is 0 Å². The van der Waals surface area contributed by atoms with E-state index in [-0.39, 0.29) is 32.5 Å². The van der Waals surface area contributed by atoms with Crippen molar-refractivity contribution < 1.29 is 27.6 Å². The third kappa shape index (κ3) is 10.1. The SMILES string of the molecule is CC1(C)CCC(CN)=C(C23CC(Cl)(C2)C3)C1.CCN(CC)c1ccc(C(=O)CS(=O)(=O)c2ccc(NCCN3CCC4(CCOC4)CC3)c([N+](=O)[O-])c2)c(Oc2cnc3[nH]ccc3c2)c1. The Morgan fingerprint density at radius 2 is 1.82 bits per heavy atom. The molecule has 2 aromatic heterocycles. The summed E-state index contributed by atoms with van der Waals surface area (Å²) in [5.74, 6) is -1.03. The first kappa shape index (κ1) is 47.0. The third-order valence-electron chi connectivity index (χ3n) is 14.7. The molecule has 2 bridgehead atoms. The van der Waals surface area contributed by atoms with Crippen LogP contribution in [0.5, 0.6) is 11.5 Å². The fraction of sp³-hybridized carbons (Fsp3) is 0.551. The van der Waals surface area contributed by atoms with Crippen molar-refractivity contribution in [1.82, 2.24) is 14.9 Å². The lowest BCUT2D eigenvalue weighted by Crippen LogP contribution is -2.65. The number of ketones is 1. The molecule has 0 atom stereocenters. The number of benzene rings is 2. The molecule has 0 amide bonds. The van der Waals surface area contributed by atoms with Crippen LogP contribution in [0.1, 0.15) is 95.8 Å². The van der Waals surface area contributed by atoms with Gasteiger partial charge in [-0.1, -0.05) is 25.0 Å². The molecule has 0 radical (unpaired) electrons. The van der Waals surface area contributed by atoms with Crippen molar-refractivity contribution in [3.8, 4) is 11.5 Å². The number of nitro benzene ring substituents is 1. The highest BCUT2D eigenvalue weighted by Gasteiger charge is 2.69. The molecule has 4 heterocycles. The van der Waals surface area contributed by atoms with Crippen LogP contribution < -0.4 is 20.7 Å². The van der Waals surface area contributed by atoms with Gasteiger partial charge in [0.2, 0.25) is 0 Å². The molecule has 6 aliphatic rings. The van der Waals surface area contributed by atoms with Crippen LogP contribution in [0, 0.1) is 26.4 Å². The average Bonchev–Trinajstić information content (AvgIpc) is 3.93. The van der Waals surface area contributed by atoms with Crippen molar-refractivity contribution in [3.63, 3.8) is 0 Å². The first-order valence-electron chi connectivity index (χ1n) is 23.2. The fourth-order valence-corrected chi connectivity index (χ4v) is 12.8. The molecular weight excluding hydrogens is 866 g/mol. The maximum Gasteiger partial charge on any atom is 0.293 e. The Bertz CT molecular complexity index is 2540. The highest BCUT2D eigenvalue weighted by molar-refractivity contribution is 7.92. The molecule has 2 saturated heterocycles. The smallest absolute Gasteiger partial charge is 0.293 e. The predicted molar refractivity (Wildman–Crippen MR) is 256 cm³/mol. The number of nitrogens with two attached hydrogens (primary N) is 1. The number of likely N-dealkylation sites (tertiary alicyclic amines) is 1. The van der Waals surface area contributed by atoms with E-state index in [1.54, 1.807) is 41.6 Å². The van der Waals surface area contributed by atoms with Crippen LogP contribution in [0.25, 0.3) is 11.0 Å². The van der Waals surface area contributed by atoms with Gasteiger partial charge in [0, 0.05) is 73.6 Å². The quantitative estimate of drug-likeness (QED) is 0.0318. The van der Waals surface area contributed by atoms with E-state index < -0.39 is 26.3 Å². The summed E-state index contributed by atoms with van der Waals surface area (Å²) in [6.07, 6.45) is 14.0. The number of carbonyl (C=O) groups is 1. The van der Waals surface area contributed by atoms with Crippen molar-refractivity contribution >= 4 is 55.3 Å². The maximum atomic E-state index is 13.6. The second kappa shape index (κ2) is 18.6. The van der Waals surface area contributed by atoms with E-state index in [1.165, 1.54) is 56.9 Å². The number of carbonyl (C=O) groups excluding carboxylic acids is 1. The minimum atomic E-state index is -4.26. The van der Waals surface area contributed by atoms with Crippen LogP contribution in [-0.2, 0) is 14.6 Å². The van der Waals surface area contributed by atoms with Gasteiger partial charge in [0.25, 0.3) is 5.69 Å². The molecule has 14 nitrogen and oxygen atoms in total. The van der Waals surface area contributed by atoms with Gasteiger partial charge in [0.15, 0.2) is 15.6 Å². The maximum absolute atomic E-state index is 13.6. The van der Waals surface area contributed by atoms with Crippen LogP contribution in [0.4, 0.5) is 17.1 Å². The average molecular weight is 931 g/mol. The van der Waals surface area contributed by atoms with E-state index in [9.17, 15) is 23.3 Å². The second-order valence-electron chi connectivity index (χ2n) is 19.8. The van der Waals surface area contributed by atoms with Gasteiger partial charge in [-0.15, -0.1) is 11.6 Å². The van der Waals surface area contributed by atoms with Gasteiger partial charge in [0.05, 0.1) is 28.2 Å². The highest BCUT2D eigenvalue weighted by Crippen LogP contribution is 2.75. The third-order valence-corrected chi connectivity index (χ3v) is 16.7. The number of nitrogens with zero attached hydrogens (tertiary/aromatic N) is 4. The zero-order chi connectivity index (χ0) is 46.2. The van der Waals surface area contributed by atoms with Crippen molar-refractivity contribution in [2.75, 3.05) is 75.0 Å². The number of nitro groups is 1. The van der Waals surface area contributed by atoms with Crippen molar-refractivity contribution in [1.29, 1.82) is 0 Å². The molecule has 0 unspecified atom stereocenters. The number of sulfone groups is 1. The standard InChI is InChI=1S/C35H42N6O7S.C14H22ClN/c1-3-40(4-2)26-5-7-29(33(20-26)48-27-19-25-9-13-37-34(25)38-22-27)32(42)23-49(45,46)28-6-8-30(31(21-28)41(43)44)36-14-17-39-15-10-35(11-16-39)12-18-47-24-35;1-12(2)4-3-10(6-16)11(5-12)13-7-14(15,8-13)9-13/h5-9,13,19-22,36H,3-4,10-12,14-18,23-24H2,1-2H3,(H,37,38);3-9,16H2,1-2H3. The number of anilines is 2. The Morgan fingerprint density at radius 1 is 1.06 bits per heavy atom. The molecule has 65 heavy (non-hydrogen) atoms. The molecule has 5 fully saturated rings. The number of ether oxygens (including phenoxy) is 2. The van der Waals surface area contributed by atoms with E-state index >= 15 is 0 Å². The van der Waals surface area contributed by atoms with Crippen molar-refractivity contribution in [3.05, 3.63) is 87.7 Å². The van der Waals surface area contributed by atoms with Gasteiger partial charge >= 0.3 is 0 Å². The lowest BCUT2D eigenvalue weighted by molar-refractivity contribution is -0.384. The lowest BCUT2D eigenvalue weighted by atomic mass is 9.39. The largest absolute Gasteiger partial charge is 0.455 e. The summed E-state index contributed by atoms with van der Waals surface area (Å²) in [6.45, 7) is 15.7. The Hall–Kier alpha value is -4.54. The summed E-state index contributed by atoms with van der Waals surface area (Å²) in [6, 6.07) is 12.4. The summed E-state index contributed by atoms with van der Waals surface area (Å²) in [7, 11) is -4.26. The van der Waals surface area contributed by atoms with Gasteiger partial charge in [-0.25, -0.2) is 13.4 Å². The summed E-state index contributed by atoms with van der Waals surface area (Å²) < 4.78 is 38.9. The molecular formula is C49H64ClN7O7S. The molecule has 10 rings (SSSR count). The zero-order valence-corrected chi connectivity index (χ0v) is 39.8. The predicted octanol–water partition coefficient (Wildman–Crippen LogP) is 9.29. The number of H-pyrrole nitrogens is 1. The number of halogens is 1. The molecule has 4 aliphatic carbocycles. The topological polar surface area (TPSA) is 186 Å². The Balaban J connectivity index is 0.000000299. The molecule has 350 valence electrons. The normalized spacial score (nSPS) is 23.3. The molecule has 4 N–H and O–H groups in total. The zero-order valence-electron chi connectivity index (χ0n) is 38.2. The number of hydrogen-bond acceptors (Lipinski definition) is 12. The minimum absolute atomic E-state index is 0.0746. The van der Waals surface area contributed by atoms with Gasteiger partial charge in [-0.05, 0) is 137 Å². The number of piperidine rings is 1. The molecule has 16 heteroatoms. The van der Waals surface area contributed by atoms with Crippen LogP contribution in [0.3, 0.4) is 0 Å². The number of allylic oxidation sites excluding steroid dienone is 1. The Kier molecular flexibility index (Phi) is 13.5. The summed E-state index contributed by atoms with van der Waals surface area (Å²) in [5, 5.41) is 16.0. The van der Waals surface area contributed by atoms with Crippen molar-refractivity contribution in [2.24, 2.45) is 22.0 Å². The van der Waals surface area contributed by atoms with E-state index in [1.807, 2.05) is 19.9 Å². The van der Waals surface area contributed by atoms with Gasteiger partial charge < -0.3 is 35.3 Å². The van der Waals surface area contributed by atoms with Crippen LogP contribution in [-0.4, -0.2) is 104 Å². The van der Waals surface area contributed by atoms with Crippen molar-refractivity contribution in [2.45, 2.75) is 95.3 Å². The number of pyridine rings is 1. The molecule has 1 spiro atoms. The number of Topliss-reactive ketones (excluding diaryl/α,β-unsaturated/α-hetero) is 1. The summed E-state index contributed by atoms with van der Waals surface area (Å²) in [4.78, 5) is 36.7. The fourth-order valence-electron chi connectivity index (χ4n) is 10.8. The number of rotatable bonds is 16. The van der Waals surface area contributed by atoms with Gasteiger partial charge in [-0.2, -0.15) is 0 Å². The molecule has 2 aromatic carbocycles. The Morgan fingerprint density at radius 3 is 2.48 bits per heavy atom. The lowest BCUT2D eigenvalue weighted by Gasteiger charge is -2.70. The van der Waals surface area contributed by atoms with E-state index in [2.05, 4.69) is 38.9 Å². The molecule has 2 aliphatic heterocycles. The monoisotopic (exact) mass is 929 g/mol. The number of aromatic nitrogens is 2. The summed E-state index contributed by atoms with van der Waals surface area (Å²) in [5.41, 5.74) is 11.9. The number of aromatic amines is 1. The van der Waals surface area contributed by atoms with E-state index in [0.717, 1.165) is 69.3 Å². The molecule has 3 saturated carbocycles. The highest BCUT2D eigenvalue weighted by atomic mass is 35.5. The Labute approximate surface area is 387 Å².